The third kappa shape index (κ3) is 59.4. The second-order valence-corrected chi connectivity index (χ2v) is 28.6. The molecule has 9 heteroatoms. The summed E-state index contributed by atoms with van der Waals surface area (Å²) in [6.45, 7) is 3.83. The van der Waals surface area contributed by atoms with Crippen LogP contribution in [0.2, 0.25) is 0 Å². The molecule has 1 heterocycles. The number of hydrogen-bond donors (Lipinski definition) is 6. The van der Waals surface area contributed by atoms with Gasteiger partial charge in [-0.1, -0.05) is 397 Å². The second-order valence-electron chi connectivity index (χ2n) is 28.6. The first-order chi connectivity index (χ1) is 44.8. The summed E-state index contributed by atoms with van der Waals surface area (Å²) in [7, 11) is 0. The van der Waals surface area contributed by atoms with E-state index in [1.807, 2.05) is 6.08 Å². The Kier molecular flexibility index (Phi) is 68.4. The van der Waals surface area contributed by atoms with Gasteiger partial charge in [-0.05, 0) is 57.8 Å². The van der Waals surface area contributed by atoms with Crippen LogP contribution in [-0.4, -0.2) is 87.5 Å². The van der Waals surface area contributed by atoms with E-state index in [-0.39, 0.29) is 12.5 Å². The van der Waals surface area contributed by atoms with Crippen LogP contribution in [-0.2, 0) is 14.3 Å². The van der Waals surface area contributed by atoms with Gasteiger partial charge in [0.2, 0.25) is 5.91 Å². The Morgan fingerprint density at radius 3 is 0.923 bits per heavy atom. The quantitative estimate of drug-likeness (QED) is 0.0261. The van der Waals surface area contributed by atoms with Gasteiger partial charge in [0.1, 0.15) is 24.4 Å². The van der Waals surface area contributed by atoms with Gasteiger partial charge in [0, 0.05) is 6.42 Å². The second kappa shape index (κ2) is 71.2. The summed E-state index contributed by atoms with van der Waals surface area (Å²) in [6.07, 6.45) is 90.3. The van der Waals surface area contributed by atoms with Gasteiger partial charge < -0.3 is 40.3 Å². The van der Waals surface area contributed by atoms with Crippen molar-refractivity contribution in [1.29, 1.82) is 0 Å². The van der Waals surface area contributed by atoms with E-state index in [1.165, 1.54) is 366 Å². The minimum atomic E-state index is -1.57. The van der Waals surface area contributed by atoms with Crippen LogP contribution in [0.1, 0.15) is 425 Å². The standard InChI is InChI=1S/C82H157NO8/c1-3-5-7-9-11-13-15-17-19-21-23-25-27-29-31-33-35-37-38-40-42-44-46-48-50-52-54-56-58-60-62-64-66-68-70-72-78(86)83-75(74-90-82-81(89)80(88)79(87)77(73-84)91-82)76(85)71-69-67-65-63-61-59-57-55-53-51-49-47-45-43-41-39-36-34-32-30-28-26-24-22-20-18-16-14-12-10-8-6-4-2/h21,23,61,63,69,71,75-77,79-82,84-85,87-89H,3-20,22,24-60,62,64-68,70,72-74H2,1-2H3,(H,83,86)/b23-21-,63-61+,71-69+. The molecule has 0 aliphatic carbocycles. The number of unbranched alkanes of at least 4 members (excludes halogenated alkanes) is 59. The summed E-state index contributed by atoms with van der Waals surface area (Å²) in [5, 5.41) is 54.9. The molecule has 1 aliphatic rings. The highest BCUT2D eigenvalue weighted by molar-refractivity contribution is 5.76. The number of carbonyl (C=O) groups excluding carboxylic acids is 1. The zero-order chi connectivity index (χ0) is 65.7. The molecule has 9 nitrogen and oxygen atoms in total. The maximum absolute atomic E-state index is 13.2. The molecule has 1 fully saturated rings. The van der Waals surface area contributed by atoms with Crippen LogP contribution < -0.4 is 5.32 Å². The van der Waals surface area contributed by atoms with Crippen LogP contribution in [0.25, 0.3) is 0 Å². The Hall–Kier alpha value is -1.59. The highest BCUT2D eigenvalue weighted by atomic mass is 16.7. The van der Waals surface area contributed by atoms with Crippen molar-refractivity contribution in [2.45, 2.75) is 468 Å². The molecule has 1 saturated heterocycles. The number of allylic oxidation sites excluding steroid dienone is 5. The lowest BCUT2D eigenvalue weighted by atomic mass is 9.99. The number of amides is 1. The van der Waals surface area contributed by atoms with Crippen molar-refractivity contribution in [3.63, 3.8) is 0 Å². The average molecular weight is 1290 g/mol. The molecule has 91 heavy (non-hydrogen) atoms. The minimum absolute atomic E-state index is 0.177. The van der Waals surface area contributed by atoms with Crippen LogP contribution in [0.3, 0.4) is 0 Å². The highest BCUT2D eigenvalue weighted by Gasteiger charge is 2.44. The number of ether oxygens (including phenoxy) is 2. The SMILES string of the molecule is CCCCCCCCCC/C=C\CCCCCCCCCCCCCCCCCCCCCCCCCC(=O)NC(COC1OC(CO)C(O)C(O)C1O)C(O)/C=C/CC/C=C/CCCCCCCCCCCCCCCCCCCCCCCCCCCCC. The number of hydrogen-bond acceptors (Lipinski definition) is 8. The minimum Gasteiger partial charge on any atom is -0.394 e. The molecule has 538 valence electrons. The van der Waals surface area contributed by atoms with E-state index in [0.717, 1.165) is 38.5 Å². The number of aliphatic hydroxyl groups is 5. The molecule has 0 bridgehead atoms. The third-order valence-electron chi connectivity index (χ3n) is 19.7. The number of nitrogens with one attached hydrogen (secondary N) is 1. The van der Waals surface area contributed by atoms with Crippen LogP contribution in [0, 0.1) is 0 Å². The van der Waals surface area contributed by atoms with Gasteiger partial charge in [-0.25, -0.2) is 0 Å². The Labute approximate surface area is 565 Å². The summed E-state index contributed by atoms with van der Waals surface area (Å²) in [5.74, 6) is -0.177. The fraction of sp³-hybridized carbons (Fsp3) is 0.915. The number of aliphatic hydroxyl groups excluding tert-OH is 5. The molecule has 1 amide bonds. The van der Waals surface area contributed by atoms with E-state index in [0.29, 0.717) is 6.42 Å². The van der Waals surface area contributed by atoms with E-state index < -0.39 is 49.5 Å². The molecule has 0 aromatic rings. The van der Waals surface area contributed by atoms with Crippen LogP contribution in [0.4, 0.5) is 0 Å². The zero-order valence-electron chi connectivity index (χ0n) is 60.6. The lowest BCUT2D eigenvalue weighted by molar-refractivity contribution is -0.302. The molecule has 7 atom stereocenters. The first-order valence-corrected chi connectivity index (χ1v) is 40.7. The van der Waals surface area contributed by atoms with Gasteiger partial charge in [-0.3, -0.25) is 4.79 Å². The van der Waals surface area contributed by atoms with E-state index >= 15 is 0 Å². The van der Waals surface area contributed by atoms with Gasteiger partial charge in [0.05, 0.1) is 25.4 Å². The molecule has 7 unspecified atom stereocenters. The van der Waals surface area contributed by atoms with Crippen molar-refractivity contribution in [3.8, 4) is 0 Å². The molecular formula is C82H157NO8. The zero-order valence-corrected chi connectivity index (χ0v) is 60.6. The molecule has 0 spiro atoms. The fourth-order valence-corrected chi connectivity index (χ4v) is 13.4. The fourth-order valence-electron chi connectivity index (χ4n) is 13.4. The normalized spacial score (nSPS) is 17.8. The molecule has 1 rings (SSSR count). The van der Waals surface area contributed by atoms with E-state index in [4.69, 9.17) is 9.47 Å². The molecule has 0 radical (unpaired) electrons. The Morgan fingerprint density at radius 1 is 0.363 bits per heavy atom. The molecule has 0 saturated carbocycles. The smallest absolute Gasteiger partial charge is 0.220 e. The Balaban J connectivity index is 2.07. The van der Waals surface area contributed by atoms with Gasteiger partial charge >= 0.3 is 0 Å². The molecule has 1 aliphatic heterocycles. The van der Waals surface area contributed by atoms with Crippen molar-refractivity contribution in [2.24, 2.45) is 0 Å². The lowest BCUT2D eigenvalue weighted by Gasteiger charge is -2.40. The first kappa shape index (κ1) is 87.4. The molecular weight excluding hydrogens is 1130 g/mol. The largest absolute Gasteiger partial charge is 0.394 e. The highest BCUT2D eigenvalue weighted by Crippen LogP contribution is 2.24. The van der Waals surface area contributed by atoms with Crippen LogP contribution in [0.5, 0.6) is 0 Å². The maximum atomic E-state index is 13.2. The molecule has 0 aromatic heterocycles. The van der Waals surface area contributed by atoms with Crippen molar-refractivity contribution in [3.05, 3.63) is 36.5 Å². The van der Waals surface area contributed by atoms with E-state index in [1.54, 1.807) is 6.08 Å². The predicted octanol–water partition coefficient (Wildman–Crippen LogP) is 23.3. The van der Waals surface area contributed by atoms with Crippen LogP contribution >= 0.6 is 0 Å². The lowest BCUT2D eigenvalue weighted by Crippen LogP contribution is -2.60. The Bertz CT molecular complexity index is 1540. The van der Waals surface area contributed by atoms with E-state index in [2.05, 4.69) is 43.5 Å². The van der Waals surface area contributed by atoms with E-state index in [9.17, 15) is 30.3 Å². The van der Waals surface area contributed by atoms with Crippen molar-refractivity contribution < 1.29 is 39.8 Å². The molecule has 0 aromatic carbocycles. The monoisotopic (exact) mass is 1280 g/mol. The van der Waals surface area contributed by atoms with Gasteiger partial charge in [-0.2, -0.15) is 0 Å². The van der Waals surface area contributed by atoms with Gasteiger partial charge in [0.15, 0.2) is 6.29 Å². The number of carbonyl (C=O) groups is 1. The Morgan fingerprint density at radius 2 is 0.626 bits per heavy atom. The summed E-state index contributed by atoms with van der Waals surface area (Å²) in [5.41, 5.74) is 0. The summed E-state index contributed by atoms with van der Waals surface area (Å²) >= 11 is 0. The summed E-state index contributed by atoms with van der Waals surface area (Å²) in [4.78, 5) is 13.2. The summed E-state index contributed by atoms with van der Waals surface area (Å²) in [6, 6.07) is -0.822. The first-order valence-electron chi connectivity index (χ1n) is 40.7. The average Bonchev–Trinajstić information content (AvgIpc) is 1.58. The van der Waals surface area contributed by atoms with Gasteiger partial charge in [-0.15, -0.1) is 0 Å². The predicted molar refractivity (Wildman–Crippen MR) is 392 cm³/mol. The van der Waals surface area contributed by atoms with Crippen molar-refractivity contribution in [1.82, 2.24) is 5.32 Å². The molecule has 6 N–H and O–H groups in total. The third-order valence-corrected chi connectivity index (χ3v) is 19.7. The van der Waals surface area contributed by atoms with Crippen molar-refractivity contribution >= 4 is 5.91 Å². The van der Waals surface area contributed by atoms with Gasteiger partial charge in [0.25, 0.3) is 0 Å². The maximum Gasteiger partial charge on any atom is 0.220 e. The summed E-state index contributed by atoms with van der Waals surface area (Å²) < 4.78 is 11.3. The van der Waals surface area contributed by atoms with Crippen LogP contribution in [0.15, 0.2) is 36.5 Å². The topological polar surface area (TPSA) is 149 Å². The number of rotatable bonds is 73. The van der Waals surface area contributed by atoms with Crippen molar-refractivity contribution in [2.75, 3.05) is 13.2 Å².